The molecule has 0 amide bonds. The Hall–Kier alpha value is -1.39. The quantitative estimate of drug-likeness (QED) is 0.552. The molecule has 0 bridgehead atoms. The smallest absolute Gasteiger partial charge is 0.0919 e. The summed E-state index contributed by atoms with van der Waals surface area (Å²) >= 11 is 0. The van der Waals surface area contributed by atoms with Crippen molar-refractivity contribution in [2.75, 3.05) is 0 Å². The summed E-state index contributed by atoms with van der Waals surface area (Å²) in [6.45, 7) is 12.2. The molecule has 0 saturated carbocycles. The second-order valence-electron chi connectivity index (χ2n) is 7.30. The second kappa shape index (κ2) is 6.80. The first-order chi connectivity index (χ1) is 10.4. The predicted molar refractivity (Wildman–Crippen MR) is 106 cm³/mol. The van der Waals surface area contributed by atoms with Crippen LogP contribution in [-0.2, 0) is 0 Å². The molecule has 0 fully saturated rings. The standard InChI is InChI=1S/C20H28Si2/c1-6-13-20(21(2,3)4)22(5,18-14-9-7-10-15-18)19-16-11-8-12-17-19/h6-17,20H,1-5H3/b13-6+/t20-/m1/s1. The number of allylic oxidation sites excluding steroid dienone is 2. The zero-order valence-electron chi connectivity index (χ0n) is 14.5. The van der Waals surface area contributed by atoms with Gasteiger partial charge in [0.15, 0.2) is 0 Å². The van der Waals surface area contributed by atoms with E-state index in [1.165, 1.54) is 0 Å². The minimum Gasteiger partial charge on any atom is -0.0919 e. The molecule has 2 aromatic rings. The van der Waals surface area contributed by atoms with Gasteiger partial charge in [-0.1, -0.05) is 109 Å². The highest BCUT2D eigenvalue weighted by Crippen LogP contribution is 2.33. The Morgan fingerprint density at radius 1 is 0.727 bits per heavy atom. The van der Waals surface area contributed by atoms with Crippen molar-refractivity contribution in [1.82, 2.24) is 0 Å². The molecule has 0 heterocycles. The van der Waals surface area contributed by atoms with Crippen molar-refractivity contribution in [3.05, 3.63) is 72.8 Å². The monoisotopic (exact) mass is 324 g/mol. The third-order valence-electron chi connectivity index (χ3n) is 4.69. The van der Waals surface area contributed by atoms with Gasteiger partial charge < -0.3 is 0 Å². The van der Waals surface area contributed by atoms with Crippen LogP contribution in [0.25, 0.3) is 0 Å². The highest BCUT2D eigenvalue weighted by molar-refractivity contribution is 7.11. The molecule has 0 aliphatic rings. The van der Waals surface area contributed by atoms with Gasteiger partial charge in [-0.2, -0.15) is 0 Å². The lowest BCUT2D eigenvalue weighted by molar-refractivity contribution is 1.32. The first-order valence-electron chi connectivity index (χ1n) is 8.14. The van der Waals surface area contributed by atoms with Crippen LogP contribution < -0.4 is 10.4 Å². The molecule has 0 aliphatic carbocycles. The van der Waals surface area contributed by atoms with E-state index in [1.807, 2.05) is 0 Å². The van der Waals surface area contributed by atoms with E-state index in [4.69, 9.17) is 0 Å². The normalized spacial score (nSPS) is 14.2. The van der Waals surface area contributed by atoms with E-state index in [2.05, 4.69) is 106 Å². The zero-order chi connectivity index (χ0) is 16.2. The highest BCUT2D eigenvalue weighted by atomic mass is 28.4. The van der Waals surface area contributed by atoms with Crippen molar-refractivity contribution >= 4 is 26.5 Å². The third kappa shape index (κ3) is 3.33. The summed E-state index contributed by atoms with van der Waals surface area (Å²) in [7, 11) is -3.15. The molecular weight excluding hydrogens is 296 g/mol. The van der Waals surface area contributed by atoms with Crippen LogP contribution >= 0.6 is 0 Å². The van der Waals surface area contributed by atoms with Gasteiger partial charge in [0.1, 0.15) is 8.07 Å². The molecule has 22 heavy (non-hydrogen) atoms. The van der Waals surface area contributed by atoms with Gasteiger partial charge in [0.2, 0.25) is 0 Å². The summed E-state index contributed by atoms with van der Waals surface area (Å²) in [5, 5.41) is 3.79. The Kier molecular flexibility index (Phi) is 5.25. The number of benzene rings is 2. The SMILES string of the molecule is C/C=C/[C@H]([Si](C)(C)C)[Si](C)(c1ccccc1)c1ccccc1. The van der Waals surface area contributed by atoms with Crippen molar-refractivity contribution in [3.8, 4) is 0 Å². The molecule has 2 rings (SSSR count). The van der Waals surface area contributed by atoms with Crippen LogP contribution in [0, 0.1) is 0 Å². The molecule has 2 aromatic carbocycles. The van der Waals surface area contributed by atoms with Gasteiger partial charge in [0.25, 0.3) is 0 Å². The summed E-state index contributed by atoms with van der Waals surface area (Å²) in [5.74, 6) is 0. The first-order valence-corrected chi connectivity index (χ1v) is 14.3. The number of hydrogen-bond acceptors (Lipinski definition) is 0. The fraction of sp³-hybridized carbons (Fsp3) is 0.300. The van der Waals surface area contributed by atoms with E-state index >= 15 is 0 Å². The Labute approximate surface area is 137 Å². The minimum absolute atomic E-state index is 0.690. The van der Waals surface area contributed by atoms with Crippen LogP contribution in [0.4, 0.5) is 0 Å². The van der Waals surface area contributed by atoms with E-state index in [0.29, 0.717) is 5.16 Å². The molecule has 0 radical (unpaired) electrons. The van der Waals surface area contributed by atoms with Crippen molar-refractivity contribution < 1.29 is 0 Å². The molecule has 0 spiro atoms. The summed E-state index contributed by atoms with van der Waals surface area (Å²) in [6.07, 6.45) is 4.76. The predicted octanol–water partition coefficient (Wildman–Crippen LogP) is 4.70. The largest absolute Gasteiger partial charge is 0.119 e. The van der Waals surface area contributed by atoms with Gasteiger partial charge in [-0.3, -0.25) is 0 Å². The van der Waals surface area contributed by atoms with Crippen LogP contribution in [0.5, 0.6) is 0 Å². The molecule has 0 N–H and O–H groups in total. The Morgan fingerprint density at radius 3 is 1.45 bits per heavy atom. The summed E-state index contributed by atoms with van der Waals surface area (Å²) < 4.78 is 0. The van der Waals surface area contributed by atoms with E-state index in [9.17, 15) is 0 Å². The minimum atomic E-state index is -1.81. The third-order valence-corrected chi connectivity index (χ3v) is 15.6. The van der Waals surface area contributed by atoms with Crippen LogP contribution in [0.2, 0.25) is 31.4 Å². The van der Waals surface area contributed by atoms with Crippen molar-refractivity contribution in [3.63, 3.8) is 0 Å². The van der Waals surface area contributed by atoms with Crippen LogP contribution in [0.15, 0.2) is 72.8 Å². The fourth-order valence-corrected chi connectivity index (χ4v) is 15.7. The maximum absolute atomic E-state index is 2.56. The summed E-state index contributed by atoms with van der Waals surface area (Å²) in [4.78, 5) is 0. The average molecular weight is 325 g/mol. The van der Waals surface area contributed by atoms with Crippen LogP contribution in [0.1, 0.15) is 6.92 Å². The van der Waals surface area contributed by atoms with Gasteiger partial charge in [-0.25, -0.2) is 0 Å². The van der Waals surface area contributed by atoms with Crippen LogP contribution in [0.3, 0.4) is 0 Å². The summed E-state index contributed by atoms with van der Waals surface area (Å²) in [6, 6.07) is 22.4. The summed E-state index contributed by atoms with van der Waals surface area (Å²) in [5.41, 5.74) is 0. The first kappa shape index (κ1) is 17.0. The van der Waals surface area contributed by atoms with Gasteiger partial charge in [0, 0.05) is 8.07 Å². The molecule has 116 valence electrons. The van der Waals surface area contributed by atoms with Crippen molar-refractivity contribution in [1.29, 1.82) is 0 Å². The van der Waals surface area contributed by atoms with E-state index in [-0.39, 0.29) is 0 Å². The molecule has 0 saturated heterocycles. The van der Waals surface area contributed by atoms with Gasteiger partial charge >= 0.3 is 0 Å². The molecule has 1 atom stereocenters. The zero-order valence-corrected chi connectivity index (χ0v) is 16.5. The Balaban J connectivity index is 2.70. The molecule has 0 nitrogen and oxygen atoms in total. The van der Waals surface area contributed by atoms with E-state index in [1.54, 1.807) is 10.4 Å². The number of rotatable bonds is 5. The topological polar surface area (TPSA) is 0 Å². The lowest BCUT2D eigenvalue weighted by atomic mass is 10.4. The molecule has 0 unspecified atom stereocenters. The number of hydrogen-bond donors (Lipinski definition) is 0. The van der Waals surface area contributed by atoms with Gasteiger partial charge in [-0.05, 0) is 12.1 Å². The maximum atomic E-state index is 2.56. The Bertz CT molecular complexity index is 570. The molecule has 0 aromatic heterocycles. The molecule has 0 aliphatic heterocycles. The van der Waals surface area contributed by atoms with E-state index < -0.39 is 16.1 Å². The van der Waals surface area contributed by atoms with Crippen LogP contribution in [-0.4, -0.2) is 16.1 Å². The fourth-order valence-electron chi connectivity index (χ4n) is 3.63. The Morgan fingerprint density at radius 2 is 1.14 bits per heavy atom. The molecular formula is C20H28Si2. The highest BCUT2D eigenvalue weighted by Gasteiger charge is 2.44. The lowest BCUT2D eigenvalue weighted by Gasteiger charge is -2.42. The van der Waals surface area contributed by atoms with Gasteiger partial charge in [0.05, 0.1) is 0 Å². The van der Waals surface area contributed by atoms with Crippen molar-refractivity contribution in [2.24, 2.45) is 0 Å². The second-order valence-corrected chi connectivity index (χ2v) is 17.4. The van der Waals surface area contributed by atoms with E-state index in [0.717, 1.165) is 0 Å². The average Bonchev–Trinajstić information content (AvgIpc) is 2.52. The van der Waals surface area contributed by atoms with Crippen molar-refractivity contribution in [2.45, 2.75) is 38.3 Å². The lowest BCUT2D eigenvalue weighted by Crippen LogP contribution is -2.63. The maximum Gasteiger partial charge on any atom is 0.119 e. The van der Waals surface area contributed by atoms with Gasteiger partial charge in [-0.15, -0.1) is 0 Å². The molecule has 2 heteroatoms.